The lowest BCUT2D eigenvalue weighted by Gasteiger charge is -2.13. The number of nitrogens with one attached hydrogen (secondary N) is 1. The Morgan fingerprint density at radius 1 is 1.36 bits per heavy atom. The second kappa shape index (κ2) is 7.94. The van der Waals surface area contributed by atoms with Crippen molar-refractivity contribution in [3.8, 4) is 10.4 Å². The molecule has 1 amide bonds. The van der Waals surface area contributed by atoms with E-state index < -0.39 is 5.25 Å². The molecule has 0 aliphatic carbocycles. The van der Waals surface area contributed by atoms with E-state index in [-0.39, 0.29) is 11.5 Å². The van der Waals surface area contributed by atoms with Crippen LogP contribution >= 0.6 is 34.4 Å². The van der Waals surface area contributed by atoms with Gasteiger partial charge >= 0.3 is 0 Å². The average molecular weight is 432 g/mol. The van der Waals surface area contributed by atoms with Crippen LogP contribution in [0, 0.1) is 0 Å². The van der Waals surface area contributed by atoms with Crippen molar-refractivity contribution >= 4 is 50.6 Å². The van der Waals surface area contributed by atoms with E-state index in [0.717, 1.165) is 10.4 Å². The molecule has 1 unspecified atom stereocenters. The first-order valence-electron chi connectivity index (χ1n) is 8.53. The van der Waals surface area contributed by atoms with Gasteiger partial charge in [-0.3, -0.25) is 14.2 Å². The predicted molar refractivity (Wildman–Crippen MR) is 114 cm³/mol. The number of carbonyl (C=O) groups is 1. The Balaban J connectivity index is 1.56. The summed E-state index contributed by atoms with van der Waals surface area (Å²) in [6.45, 7) is 2.13. The van der Waals surface area contributed by atoms with Crippen molar-refractivity contribution in [2.24, 2.45) is 7.05 Å². The average Bonchev–Trinajstić information content (AvgIpc) is 3.44. The first-order valence-corrected chi connectivity index (χ1v) is 11.2. The molecule has 4 aromatic heterocycles. The fourth-order valence-corrected chi connectivity index (χ4v) is 5.42. The maximum atomic E-state index is 13.0. The number of thiophene rings is 2. The van der Waals surface area contributed by atoms with Gasteiger partial charge < -0.3 is 9.73 Å². The SMILES string of the molecule is CC(Sc1nc2scc(-c3cccs3)c2c(=O)n1C)C(=O)NCc1ccco1. The molecule has 0 fully saturated rings. The maximum Gasteiger partial charge on any atom is 0.263 e. The van der Waals surface area contributed by atoms with Gasteiger partial charge in [0.15, 0.2) is 5.16 Å². The zero-order chi connectivity index (χ0) is 19.7. The van der Waals surface area contributed by atoms with Crippen LogP contribution in [-0.2, 0) is 18.4 Å². The first-order chi connectivity index (χ1) is 13.5. The van der Waals surface area contributed by atoms with Crippen molar-refractivity contribution in [2.45, 2.75) is 23.9 Å². The van der Waals surface area contributed by atoms with Gasteiger partial charge in [-0.1, -0.05) is 17.8 Å². The Morgan fingerprint density at radius 3 is 2.93 bits per heavy atom. The number of hydrogen-bond donors (Lipinski definition) is 1. The molecule has 0 aliphatic heterocycles. The maximum absolute atomic E-state index is 13.0. The van der Waals surface area contributed by atoms with Gasteiger partial charge in [-0.25, -0.2) is 4.98 Å². The molecule has 144 valence electrons. The third-order valence-corrected chi connectivity index (χ3v) is 7.15. The van der Waals surface area contributed by atoms with Gasteiger partial charge in [-0.05, 0) is 30.5 Å². The molecule has 6 nitrogen and oxygen atoms in total. The van der Waals surface area contributed by atoms with Crippen molar-refractivity contribution in [3.63, 3.8) is 0 Å². The molecule has 0 saturated carbocycles. The summed E-state index contributed by atoms with van der Waals surface area (Å²) < 4.78 is 6.74. The monoisotopic (exact) mass is 431 g/mol. The number of hydrogen-bond acceptors (Lipinski definition) is 7. The second-order valence-electron chi connectivity index (χ2n) is 6.12. The van der Waals surface area contributed by atoms with Crippen LogP contribution in [0.4, 0.5) is 0 Å². The summed E-state index contributed by atoms with van der Waals surface area (Å²) in [7, 11) is 1.69. The Morgan fingerprint density at radius 2 is 2.21 bits per heavy atom. The van der Waals surface area contributed by atoms with E-state index in [9.17, 15) is 9.59 Å². The minimum absolute atomic E-state index is 0.0969. The van der Waals surface area contributed by atoms with Crippen LogP contribution in [0.5, 0.6) is 0 Å². The first kappa shape index (κ1) is 19.0. The van der Waals surface area contributed by atoms with Crippen molar-refractivity contribution in [1.82, 2.24) is 14.9 Å². The van der Waals surface area contributed by atoms with Crippen LogP contribution in [-0.4, -0.2) is 20.7 Å². The number of furan rings is 1. The standard InChI is InChI=1S/C19H17N3O3S3/c1-11(16(23)20-9-12-5-3-7-25-12)28-19-21-17-15(18(24)22(19)2)13(10-27-17)14-6-4-8-26-14/h3-8,10-11H,9H2,1-2H3,(H,20,23). The lowest BCUT2D eigenvalue weighted by molar-refractivity contribution is -0.120. The van der Waals surface area contributed by atoms with E-state index in [2.05, 4.69) is 10.3 Å². The number of rotatable bonds is 6. The summed E-state index contributed by atoms with van der Waals surface area (Å²) in [6, 6.07) is 7.55. The zero-order valence-electron chi connectivity index (χ0n) is 15.2. The number of aromatic nitrogens is 2. The summed E-state index contributed by atoms with van der Waals surface area (Å²) >= 11 is 4.32. The van der Waals surface area contributed by atoms with E-state index in [1.807, 2.05) is 22.9 Å². The number of nitrogens with zero attached hydrogens (tertiary/aromatic N) is 2. The van der Waals surface area contributed by atoms with E-state index in [4.69, 9.17) is 4.42 Å². The Labute approximate surface area is 173 Å². The van der Waals surface area contributed by atoms with E-state index >= 15 is 0 Å². The van der Waals surface area contributed by atoms with Crippen molar-refractivity contribution in [1.29, 1.82) is 0 Å². The summed E-state index contributed by atoms with van der Waals surface area (Å²) in [5.74, 6) is 0.554. The highest BCUT2D eigenvalue weighted by molar-refractivity contribution is 8.00. The highest BCUT2D eigenvalue weighted by Crippen LogP contribution is 2.34. The lowest BCUT2D eigenvalue weighted by Crippen LogP contribution is -2.31. The van der Waals surface area contributed by atoms with Gasteiger partial charge in [0.25, 0.3) is 5.56 Å². The van der Waals surface area contributed by atoms with Gasteiger partial charge in [0.05, 0.1) is 23.4 Å². The van der Waals surface area contributed by atoms with Gasteiger partial charge in [-0.15, -0.1) is 22.7 Å². The normalized spacial score (nSPS) is 12.4. The van der Waals surface area contributed by atoms with Crippen LogP contribution in [0.1, 0.15) is 12.7 Å². The Hall–Kier alpha value is -2.36. The number of amides is 1. The van der Waals surface area contributed by atoms with E-state index in [1.54, 1.807) is 43.7 Å². The molecule has 0 aromatic carbocycles. The topological polar surface area (TPSA) is 77.1 Å². The molecule has 4 rings (SSSR count). The molecule has 1 atom stereocenters. The van der Waals surface area contributed by atoms with Gasteiger partial charge in [0.2, 0.25) is 5.91 Å². The second-order valence-corrected chi connectivity index (χ2v) is 9.24. The molecule has 0 spiro atoms. The molecule has 0 bridgehead atoms. The number of carbonyl (C=O) groups excluding carboxylic acids is 1. The van der Waals surface area contributed by atoms with Crippen LogP contribution in [0.2, 0.25) is 0 Å². The van der Waals surface area contributed by atoms with Crippen LogP contribution in [0.25, 0.3) is 20.7 Å². The third-order valence-electron chi connectivity index (χ3n) is 4.23. The molecule has 4 aromatic rings. The fourth-order valence-electron chi connectivity index (χ4n) is 2.71. The molecule has 28 heavy (non-hydrogen) atoms. The molecule has 4 heterocycles. The highest BCUT2D eigenvalue weighted by atomic mass is 32.2. The van der Waals surface area contributed by atoms with Crippen LogP contribution < -0.4 is 10.9 Å². The molecular formula is C19H17N3O3S3. The number of thioether (sulfide) groups is 1. The lowest BCUT2D eigenvalue weighted by atomic mass is 10.2. The molecule has 1 N–H and O–H groups in total. The van der Waals surface area contributed by atoms with Crippen LogP contribution in [0.15, 0.2) is 55.7 Å². The zero-order valence-corrected chi connectivity index (χ0v) is 17.6. The summed E-state index contributed by atoms with van der Waals surface area (Å²) in [5.41, 5.74) is 0.823. The molecule has 0 aliphatic rings. The Kier molecular flexibility index (Phi) is 5.38. The predicted octanol–water partition coefficient (Wildman–Crippen LogP) is 4.11. The van der Waals surface area contributed by atoms with E-state index in [1.165, 1.54) is 27.7 Å². The van der Waals surface area contributed by atoms with Gasteiger partial charge in [0.1, 0.15) is 10.6 Å². The largest absolute Gasteiger partial charge is 0.467 e. The quantitative estimate of drug-likeness (QED) is 0.367. The van der Waals surface area contributed by atoms with Crippen LogP contribution in [0.3, 0.4) is 0 Å². The van der Waals surface area contributed by atoms with Crippen molar-refractivity contribution in [2.75, 3.05) is 0 Å². The minimum atomic E-state index is -0.401. The third kappa shape index (κ3) is 3.65. The minimum Gasteiger partial charge on any atom is -0.467 e. The van der Waals surface area contributed by atoms with Crippen molar-refractivity contribution < 1.29 is 9.21 Å². The Bertz CT molecular complexity index is 1160. The molecule has 0 radical (unpaired) electrons. The summed E-state index contributed by atoms with van der Waals surface area (Å²) in [5, 5.41) is 7.55. The number of fused-ring (bicyclic) bond motifs is 1. The smallest absolute Gasteiger partial charge is 0.263 e. The highest BCUT2D eigenvalue weighted by Gasteiger charge is 2.20. The van der Waals surface area contributed by atoms with Gasteiger partial charge in [0, 0.05) is 22.9 Å². The summed E-state index contributed by atoms with van der Waals surface area (Å²) in [6.07, 6.45) is 1.57. The van der Waals surface area contributed by atoms with Crippen molar-refractivity contribution in [3.05, 3.63) is 57.4 Å². The molecule has 0 saturated heterocycles. The molecule has 9 heteroatoms. The van der Waals surface area contributed by atoms with E-state index in [0.29, 0.717) is 27.7 Å². The summed E-state index contributed by atoms with van der Waals surface area (Å²) in [4.78, 5) is 31.7. The molecular weight excluding hydrogens is 414 g/mol. The van der Waals surface area contributed by atoms with Gasteiger partial charge in [-0.2, -0.15) is 0 Å². The fraction of sp³-hybridized carbons (Fsp3) is 0.211.